The molecule has 0 aliphatic carbocycles. The molecule has 1 rings (SSSR count). The van der Waals surface area contributed by atoms with Crippen LogP contribution in [-0.4, -0.2) is 17.1 Å². The van der Waals surface area contributed by atoms with Crippen molar-refractivity contribution in [2.45, 2.75) is 39.2 Å². The zero-order valence-electron chi connectivity index (χ0n) is 10.2. The van der Waals surface area contributed by atoms with Gasteiger partial charge >= 0.3 is 0 Å². The van der Waals surface area contributed by atoms with Gasteiger partial charge in [-0.25, -0.2) is 4.98 Å². The van der Waals surface area contributed by atoms with Crippen molar-refractivity contribution in [1.29, 1.82) is 0 Å². The molecule has 4 heteroatoms. The van der Waals surface area contributed by atoms with E-state index >= 15 is 0 Å². The first-order valence-electron chi connectivity index (χ1n) is 5.67. The zero-order chi connectivity index (χ0) is 12.2. The van der Waals surface area contributed by atoms with Gasteiger partial charge in [0.2, 0.25) is 0 Å². The molecule has 1 aromatic rings. The third-order valence-corrected chi connectivity index (χ3v) is 3.61. The zero-order valence-corrected chi connectivity index (χ0v) is 11.8. The van der Waals surface area contributed by atoms with Gasteiger partial charge in [-0.05, 0) is 47.3 Å². The first kappa shape index (κ1) is 13.5. The molecule has 0 unspecified atom stereocenters. The lowest BCUT2D eigenvalue weighted by Gasteiger charge is -2.32. The quantitative estimate of drug-likeness (QED) is 0.874. The summed E-state index contributed by atoms with van der Waals surface area (Å²) in [6, 6.07) is 2.06. The lowest BCUT2D eigenvalue weighted by atomic mass is 9.93. The fraction of sp³-hybridized carbons (Fsp3) is 0.583. The third kappa shape index (κ3) is 2.95. The number of nitrogens with zero attached hydrogens (tertiary/aromatic N) is 1. The van der Waals surface area contributed by atoms with E-state index in [2.05, 4.69) is 46.1 Å². The van der Waals surface area contributed by atoms with Crippen molar-refractivity contribution in [2.24, 2.45) is 5.73 Å². The molecular formula is C12H20BrN3. The maximum Gasteiger partial charge on any atom is 0.129 e. The van der Waals surface area contributed by atoms with Gasteiger partial charge in [0.1, 0.15) is 5.82 Å². The van der Waals surface area contributed by atoms with Gasteiger partial charge < -0.3 is 11.1 Å². The van der Waals surface area contributed by atoms with Crippen molar-refractivity contribution in [3.63, 3.8) is 0 Å². The van der Waals surface area contributed by atoms with Crippen LogP contribution in [0.5, 0.6) is 0 Å². The molecular weight excluding hydrogens is 266 g/mol. The lowest BCUT2D eigenvalue weighted by Crippen LogP contribution is -2.44. The van der Waals surface area contributed by atoms with Gasteiger partial charge in [0.15, 0.2) is 0 Å². The Hall–Kier alpha value is -0.610. The second kappa shape index (κ2) is 5.64. The van der Waals surface area contributed by atoms with Gasteiger partial charge in [-0.1, -0.05) is 13.8 Å². The fourth-order valence-corrected chi connectivity index (χ4v) is 2.13. The smallest absolute Gasteiger partial charge is 0.129 e. The van der Waals surface area contributed by atoms with Crippen molar-refractivity contribution in [2.75, 3.05) is 11.9 Å². The van der Waals surface area contributed by atoms with Gasteiger partial charge in [-0.2, -0.15) is 0 Å². The summed E-state index contributed by atoms with van der Waals surface area (Å²) >= 11 is 3.41. The van der Waals surface area contributed by atoms with Crippen LogP contribution in [0.25, 0.3) is 0 Å². The van der Waals surface area contributed by atoms with Gasteiger partial charge in [0.05, 0.1) is 5.54 Å². The Balaban J connectivity index is 2.93. The van der Waals surface area contributed by atoms with Crippen LogP contribution in [0.3, 0.4) is 0 Å². The highest BCUT2D eigenvalue weighted by Gasteiger charge is 2.24. The van der Waals surface area contributed by atoms with Gasteiger partial charge in [-0.15, -0.1) is 0 Å². The number of anilines is 1. The number of nitrogens with two attached hydrogens (primary N) is 1. The molecule has 3 nitrogen and oxygen atoms in total. The molecule has 0 bridgehead atoms. The topological polar surface area (TPSA) is 50.9 Å². The van der Waals surface area contributed by atoms with E-state index in [0.717, 1.165) is 28.7 Å². The highest BCUT2D eigenvalue weighted by molar-refractivity contribution is 9.10. The highest BCUT2D eigenvalue weighted by Crippen LogP contribution is 2.23. The summed E-state index contributed by atoms with van der Waals surface area (Å²) in [5, 5.41) is 3.48. The summed E-state index contributed by atoms with van der Waals surface area (Å²) < 4.78 is 1.00. The van der Waals surface area contributed by atoms with Gasteiger partial charge in [-0.3, -0.25) is 0 Å². The number of aryl methyl sites for hydroxylation is 1. The van der Waals surface area contributed by atoms with E-state index in [-0.39, 0.29) is 5.54 Å². The number of hydrogen-bond acceptors (Lipinski definition) is 3. The normalized spacial score (nSPS) is 11.6. The molecule has 1 heterocycles. The van der Waals surface area contributed by atoms with Crippen molar-refractivity contribution >= 4 is 21.7 Å². The molecule has 0 fully saturated rings. The molecule has 3 N–H and O–H groups in total. The first-order valence-corrected chi connectivity index (χ1v) is 6.46. The molecule has 0 amide bonds. The average Bonchev–Trinajstić information content (AvgIpc) is 2.29. The Kier molecular flexibility index (Phi) is 4.74. The first-order chi connectivity index (χ1) is 7.56. The van der Waals surface area contributed by atoms with Gasteiger partial charge in [0, 0.05) is 17.2 Å². The Morgan fingerprint density at radius 1 is 1.44 bits per heavy atom. The van der Waals surface area contributed by atoms with Crippen molar-refractivity contribution < 1.29 is 0 Å². The third-order valence-electron chi connectivity index (χ3n) is 3.17. The van der Waals surface area contributed by atoms with E-state index in [4.69, 9.17) is 5.73 Å². The van der Waals surface area contributed by atoms with E-state index in [1.165, 1.54) is 0 Å². The summed E-state index contributed by atoms with van der Waals surface area (Å²) in [6.45, 7) is 6.97. The van der Waals surface area contributed by atoms with Crippen LogP contribution in [0.15, 0.2) is 16.7 Å². The number of halogens is 1. The summed E-state index contributed by atoms with van der Waals surface area (Å²) in [7, 11) is 0. The molecule has 0 saturated carbocycles. The maximum atomic E-state index is 5.86. The maximum absolute atomic E-state index is 5.86. The van der Waals surface area contributed by atoms with E-state index in [1.54, 1.807) is 0 Å². The number of rotatable bonds is 5. The van der Waals surface area contributed by atoms with Crippen molar-refractivity contribution in [3.05, 3.63) is 22.3 Å². The van der Waals surface area contributed by atoms with Crippen LogP contribution in [0.1, 0.15) is 32.3 Å². The molecule has 0 aliphatic rings. The van der Waals surface area contributed by atoms with Crippen LogP contribution in [0.4, 0.5) is 5.82 Å². The Labute approximate surface area is 106 Å². The van der Waals surface area contributed by atoms with Crippen LogP contribution < -0.4 is 11.1 Å². The van der Waals surface area contributed by atoms with Gasteiger partial charge in [0.25, 0.3) is 0 Å². The minimum Gasteiger partial charge on any atom is -0.363 e. The molecule has 0 spiro atoms. The lowest BCUT2D eigenvalue weighted by molar-refractivity contribution is 0.443. The molecule has 0 atom stereocenters. The largest absolute Gasteiger partial charge is 0.363 e. The Bertz CT molecular complexity index is 340. The molecule has 0 aromatic carbocycles. The second-order valence-electron chi connectivity index (χ2n) is 4.14. The number of pyridine rings is 1. The fourth-order valence-electron chi connectivity index (χ4n) is 1.69. The molecule has 16 heavy (non-hydrogen) atoms. The minimum absolute atomic E-state index is 0.0361. The summed E-state index contributed by atoms with van der Waals surface area (Å²) in [4.78, 5) is 4.39. The van der Waals surface area contributed by atoms with Crippen LogP contribution in [0.2, 0.25) is 0 Å². The summed E-state index contributed by atoms with van der Waals surface area (Å²) in [6.07, 6.45) is 3.80. The van der Waals surface area contributed by atoms with Crippen molar-refractivity contribution in [1.82, 2.24) is 4.98 Å². The monoisotopic (exact) mass is 285 g/mol. The predicted molar refractivity (Wildman–Crippen MR) is 72.7 cm³/mol. The number of aromatic nitrogens is 1. The van der Waals surface area contributed by atoms with E-state index in [0.29, 0.717) is 6.54 Å². The molecule has 1 aromatic heterocycles. The summed E-state index contributed by atoms with van der Waals surface area (Å²) in [5.74, 6) is 0.928. The average molecular weight is 286 g/mol. The molecule has 0 saturated heterocycles. The molecule has 0 radical (unpaired) electrons. The number of nitrogens with one attached hydrogen (secondary N) is 1. The standard InChI is InChI=1S/C12H20BrN3/c1-4-12(5-2,8-14)16-11-9(3)6-10(13)7-15-11/h6-7H,4-5,8,14H2,1-3H3,(H,15,16). The highest BCUT2D eigenvalue weighted by atomic mass is 79.9. The Morgan fingerprint density at radius 2 is 2.06 bits per heavy atom. The van der Waals surface area contributed by atoms with Crippen LogP contribution in [-0.2, 0) is 0 Å². The summed E-state index contributed by atoms with van der Waals surface area (Å²) in [5.41, 5.74) is 6.95. The van der Waals surface area contributed by atoms with Crippen LogP contribution >= 0.6 is 15.9 Å². The van der Waals surface area contributed by atoms with E-state index in [1.807, 2.05) is 13.1 Å². The van der Waals surface area contributed by atoms with Crippen molar-refractivity contribution in [3.8, 4) is 0 Å². The minimum atomic E-state index is -0.0361. The molecule has 90 valence electrons. The van der Waals surface area contributed by atoms with E-state index < -0.39 is 0 Å². The Morgan fingerprint density at radius 3 is 2.50 bits per heavy atom. The second-order valence-corrected chi connectivity index (χ2v) is 5.05. The SMILES string of the molecule is CCC(CC)(CN)Nc1ncc(Br)cc1C. The van der Waals surface area contributed by atoms with Crippen LogP contribution in [0, 0.1) is 6.92 Å². The van der Waals surface area contributed by atoms with E-state index in [9.17, 15) is 0 Å². The molecule has 0 aliphatic heterocycles. The number of hydrogen-bond donors (Lipinski definition) is 2. The predicted octanol–water partition coefficient (Wildman–Crippen LogP) is 3.08.